The Balaban J connectivity index is 1.72. The van der Waals surface area contributed by atoms with Gasteiger partial charge in [-0.05, 0) is 61.7 Å². The van der Waals surface area contributed by atoms with E-state index in [1.165, 1.54) is 0 Å². The summed E-state index contributed by atoms with van der Waals surface area (Å²) in [7, 11) is 0. The first-order valence-corrected chi connectivity index (χ1v) is 9.52. The average molecular weight is 318 g/mol. The number of ketones is 2. The highest BCUT2D eigenvalue weighted by molar-refractivity contribution is 5.87. The molecule has 4 aliphatic rings. The van der Waals surface area contributed by atoms with Crippen molar-refractivity contribution in [1.82, 2.24) is 0 Å². The van der Waals surface area contributed by atoms with E-state index in [1.54, 1.807) is 0 Å². The smallest absolute Gasteiger partial charge is 0.139 e. The molecule has 1 N–H and O–H groups in total. The molecule has 0 heterocycles. The Bertz CT molecular complexity index is 555. The molecule has 4 rings (SSSR count). The molecular weight excluding hydrogens is 288 g/mol. The Morgan fingerprint density at radius 2 is 1.78 bits per heavy atom. The number of rotatable bonds is 1. The molecular formula is C20H30O3. The van der Waals surface area contributed by atoms with E-state index < -0.39 is 0 Å². The molecule has 4 aliphatic carbocycles. The second kappa shape index (κ2) is 4.91. The van der Waals surface area contributed by atoms with Gasteiger partial charge in [0.25, 0.3) is 0 Å². The van der Waals surface area contributed by atoms with Crippen LogP contribution in [-0.4, -0.2) is 23.3 Å². The molecule has 0 aromatic carbocycles. The van der Waals surface area contributed by atoms with Crippen LogP contribution in [0.2, 0.25) is 0 Å². The first-order chi connectivity index (χ1) is 10.9. The molecule has 0 amide bonds. The van der Waals surface area contributed by atoms with Crippen LogP contribution in [0.3, 0.4) is 0 Å². The molecule has 0 aromatic rings. The zero-order chi connectivity index (χ0) is 16.5. The molecule has 23 heavy (non-hydrogen) atoms. The number of Topliss-reactive ketones (excluding diaryl/α,β-unsaturated/α-hetero) is 2. The van der Waals surface area contributed by atoms with E-state index in [4.69, 9.17) is 0 Å². The van der Waals surface area contributed by atoms with Gasteiger partial charge in [-0.3, -0.25) is 9.59 Å². The number of aliphatic hydroxyl groups excluding tert-OH is 1. The number of hydrogen-bond donors (Lipinski definition) is 1. The highest BCUT2D eigenvalue weighted by atomic mass is 16.3. The van der Waals surface area contributed by atoms with Crippen LogP contribution in [0, 0.1) is 34.0 Å². The van der Waals surface area contributed by atoms with Crippen molar-refractivity contribution in [2.75, 3.05) is 6.61 Å². The zero-order valence-corrected chi connectivity index (χ0v) is 14.6. The molecule has 0 unspecified atom stereocenters. The van der Waals surface area contributed by atoms with Gasteiger partial charge in [0.15, 0.2) is 0 Å². The van der Waals surface area contributed by atoms with E-state index >= 15 is 0 Å². The molecule has 0 aromatic heterocycles. The summed E-state index contributed by atoms with van der Waals surface area (Å²) in [6.45, 7) is 4.67. The summed E-state index contributed by atoms with van der Waals surface area (Å²) in [5.41, 5.74) is -0.221. The van der Waals surface area contributed by atoms with Gasteiger partial charge in [0.1, 0.15) is 11.6 Å². The summed E-state index contributed by atoms with van der Waals surface area (Å²) >= 11 is 0. The quantitative estimate of drug-likeness (QED) is 0.804. The molecule has 4 fully saturated rings. The van der Waals surface area contributed by atoms with Crippen molar-refractivity contribution in [3.05, 3.63) is 0 Å². The van der Waals surface area contributed by atoms with Gasteiger partial charge in [-0.2, -0.15) is 0 Å². The summed E-state index contributed by atoms with van der Waals surface area (Å²) in [4.78, 5) is 24.5. The fraction of sp³-hybridized carbons (Fsp3) is 0.900. The molecule has 0 bridgehead atoms. The zero-order valence-electron chi connectivity index (χ0n) is 14.6. The molecule has 0 radical (unpaired) electrons. The van der Waals surface area contributed by atoms with Gasteiger partial charge in [0.05, 0.1) is 0 Å². The third kappa shape index (κ3) is 1.86. The van der Waals surface area contributed by atoms with Crippen LogP contribution >= 0.6 is 0 Å². The Labute approximate surface area is 139 Å². The highest BCUT2D eigenvalue weighted by Crippen LogP contribution is 2.68. The minimum atomic E-state index is -0.101. The molecule has 0 spiro atoms. The lowest BCUT2D eigenvalue weighted by molar-refractivity contribution is -0.181. The van der Waals surface area contributed by atoms with Crippen molar-refractivity contribution in [3.8, 4) is 0 Å². The molecule has 3 heteroatoms. The minimum absolute atomic E-state index is 0.0331. The van der Waals surface area contributed by atoms with Gasteiger partial charge < -0.3 is 5.11 Å². The van der Waals surface area contributed by atoms with Gasteiger partial charge in [0, 0.05) is 36.7 Å². The first-order valence-electron chi connectivity index (χ1n) is 9.52. The van der Waals surface area contributed by atoms with Crippen LogP contribution in [0.4, 0.5) is 0 Å². The van der Waals surface area contributed by atoms with Gasteiger partial charge in [-0.25, -0.2) is 0 Å². The SMILES string of the molecule is C[C@@]12CC[C@H]3[C@H]4CCC(=O)[C@]4(C)CC[C@@H]3[C@]1(CO)CCC(=O)C2. The highest BCUT2D eigenvalue weighted by Gasteiger charge is 2.64. The predicted molar refractivity (Wildman–Crippen MR) is 87.8 cm³/mol. The fourth-order valence-corrected chi connectivity index (χ4v) is 7.35. The third-order valence-corrected chi connectivity index (χ3v) is 8.81. The van der Waals surface area contributed by atoms with Crippen LogP contribution in [-0.2, 0) is 9.59 Å². The average Bonchev–Trinajstić information content (AvgIpc) is 2.82. The van der Waals surface area contributed by atoms with Crippen molar-refractivity contribution >= 4 is 11.6 Å². The largest absolute Gasteiger partial charge is 0.396 e. The minimum Gasteiger partial charge on any atom is -0.396 e. The summed E-state index contributed by atoms with van der Waals surface area (Å²) in [5.74, 6) is 2.45. The maximum absolute atomic E-state index is 12.4. The summed E-state index contributed by atoms with van der Waals surface area (Å²) in [6.07, 6.45) is 8.19. The van der Waals surface area contributed by atoms with Crippen molar-refractivity contribution in [2.24, 2.45) is 34.0 Å². The van der Waals surface area contributed by atoms with E-state index in [0.29, 0.717) is 42.2 Å². The molecule has 0 aliphatic heterocycles. The lowest BCUT2D eigenvalue weighted by Crippen LogP contribution is -2.60. The van der Waals surface area contributed by atoms with Gasteiger partial charge in [-0.1, -0.05) is 13.8 Å². The molecule has 6 atom stereocenters. The summed E-state index contributed by atoms with van der Waals surface area (Å²) in [5, 5.41) is 10.4. The van der Waals surface area contributed by atoms with Crippen molar-refractivity contribution in [1.29, 1.82) is 0 Å². The number of fused-ring (bicyclic) bond motifs is 5. The van der Waals surface area contributed by atoms with Crippen LogP contribution in [0.25, 0.3) is 0 Å². The van der Waals surface area contributed by atoms with Gasteiger partial charge in [0.2, 0.25) is 0 Å². The lowest BCUT2D eigenvalue weighted by Gasteiger charge is -2.64. The summed E-state index contributed by atoms with van der Waals surface area (Å²) in [6, 6.07) is 0. The van der Waals surface area contributed by atoms with E-state index in [1.807, 2.05) is 0 Å². The van der Waals surface area contributed by atoms with E-state index in [9.17, 15) is 14.7 Å². The Morgan fingerprint density at radius 3 is 2.52 bits per heavy atom. The second-order valence-corrected chi connectivity index (χ2v) is 9.42. The number of hydrogen-bond acceptors (Lipinski definition) is 3. The van der Waals surface area contributed by atoms with E-state index in [0.717, 1.165) is 44.9 Å². The molecule has 128 valence electrons. The maximum atomic E-state index is 12.4. The molecule has 3 nitrogen and oxygen atoms in total. The number of carbonyl (C=O) groups is 2. The monoisotopic (exact) mass is 318 g/mol. The van der Waals surface area contributed by atoms with Crippen LogP contribution < -0.4 is 0 Å². The van der Waals surface area contributed by atoms with Gasteiger partial charge >= 0.3 is 0 Å². The second-order valence-electron chi connectivity index (χ2n) is 9.42. The summed E-state index contributed by atoms with van der Waals surface area (Å²) < 4.78 is 0. The van der Waals surface area contributed by atoms with Crippen molar-refractivity contribution in [3.63, 3.8) is 0 Å². The van der Waals surface area contributed by atoms with Gasteiger partial charge in [-0.15, -0.1) is 0 Å². The normalized spacial score (nSPS) is 52.7. The molecule has 0 saturated heterocycles. The number of aliphatic hydroxyl groups is 1. The van der Waals surface area contributed by atoms with Crippen LogP contribution in [0.15, 0.2) is 0 Å². The standard InChI is InChI=1S/C20H30O3/c1-18-8-6-14-15-3-4-17(23)19(15,2)9-7-16(14)20(18,12-21)10-5-13(22)11-18/h14-16,21H,3-12H2,1-2H3/t14-,15+,16-,18-,19+,20+/m0/s1. The van der Waals surface area contributed by atoms with E-state index in [-0.39, 0.29) is 22.9 Å². The third-order valence-electron chi connectivity index (χ3n) is 8.81. The maximum Gasteiger partial charge on any atom is 0.139 e. The van der Waals surface area contributed by atoms with Crippen LogP contribution in [0.1, 0.15) is 71.6 Å². The molecule has 4 saturated carbocycles. The Kier molecular flexibility index (Phi) is 3.37. The fourth-order valence-electron chi connectivity index (χ4n) is 7.35. The van der Waals surface area contributed by atoms with Crippen LogP contribution in [0.5, 0.6) is 0 Å². The lowest BCUT2D eigenvalue weighted by atomic mass is 9.40. The number of carbonyl (C=O) groups excluding carboxylic acids is 2. The first kappa shape index (κ1) is 15.8. The van der Waals surface area contributed by atoms with E-state index in [2.05, 4.69) is 13.8 Å². The predicted octanol–water partition coefficient (Wildman–Crippen LogP) is 3.53. The topological polar surface area (TPSA) is 54.4 Å². The van der Waals surface area contributed by atoms with Crippen molar-refractivity contribution in [2.45, 2.75) is 71.6 Å². The Hall–Kier alpha value is -0.700. The van der Waals surface area contributed by atoms with Crippen molar-refractivity contribution < 1.29 is 14.7 Å². The Morgan fingerprint density at radius 1 is 1.00 bits per heavy atom.